The average molecular weight is 321 g/mol. The molecule has 0 unspecified atom stereocenters. The normalized spacial score (nSPS) is 22.0. The van der Waals surface area contributed by atoms with Gasteiger partial charge in [-0.2, -0.15) is 0 Å². The van der Waals surface area contributed by atoms with Crippen LogP contribution in [0.3, 0.4) is 0 Å². The van der Waals surface area contributed by atoms with E-state index in [0.717, 1.165) is 16.8 Å². The van der Waals surface area contributed by atoms with Crippen molar-refractivity contribution in [2.75, 3.05) is 7.05 Å². The fourth-order valence-corrected chi connectivity index (χ4v) is 3.03. The van der Waals surface area contributed by atoms with Crippen LogP contribution in [0.15, 0.2) is 66.4 Å². The minimum absolute atomic E-state index is 0.207. The van der Waals surface area contributed by atoms with E-state index in [-0.39, 0.29) is 11.8 Å². The molecule has 1 heterocycles. The highest BCUT2D eigenvalue weighted by Crippen LogP contribution is 2.39. The lowest BCUT2D eigenvalue weighted by Crippen LogP contribution is -2.30. The predicted molar refractivity (Wildman–Crippen MR) is 91.9 cm³/mol. The first-order valence-corrected chi connectivity index (χ1v) is 7.84. The van der Waals surface area contributed by atoms with E-state index in [1.165, 1.54) is 6.92 Å². The van der Waals surface area contributed by atoms with E-state index >= 15 is 0 Å². The van der Waals surface area contributed by atoms with Gasteiger partial charge in [0.05, 0.1) is 5.92 Å². The van der Waals surface area contributed by atoms with Crippen molar-refractivity contribution < 1.29 is 14.3 Å². The fraction of sp³-hybridized carbons (Fsp3) is 0.200. The molecule has 24 heavy (non-hydrogen) atoms. The summed E-state index contributed by atoms with van der Waals surface area (Å²) in [6.45, 7) is 1.33. The van der Waals surface area contributed by atoms with Crippen molar-refractivity contribution in [1.82, 2.24) is 4.90 Å². The average Bonchev–Trinajstić information content (AvgIpc) is 2.81. The molecule has 0 N–H and O–H groups in total. The number of carbonyl (C=O) groups excluding carboxylic acids is 2. The van der Waals surface area contributed by atoms with Crippen LogP contribution in [0.4, 0.5) is 0 Å². The van der Waals surface area contributed by atoms with Crippen molar-refractivity contribution in [3.8, 4) is 0 Å². The Kier molecular flexibility index (Phi) is 4.47. The van der Waals surface area contributed by atoms with Gasteiger partial charge in [-0.25, -0.2) is 0 Å². The van der Waals surface area contributed by atoms with Crippen LogP contribution in [0.1, 0.15) is 24.0 Å². The first kappa shape index (κ1) is 16.0. The van der Waals surface area contributed by atoms with Gasteiger partial charge in [0.15, 0.2) is 6.10 Å². The minimum atomic E-state index is -0.829. The third-order valence-corrected chi connectivity index (χ3v) is 4.15. The Morgan fingerprint density at radius 1 is 1.04 bits per heavy atom. The number of amides is 1. The summed E-state index contributed by atoms with van der Waals surface area (Å²) in [5, 5.41) is 0. The number of ether oxygens (including phenoxy) is 1. The zero-order chi connectivity index (χ0) is 17.1. The van der Waals surface area contributed by atoms with Crippen LogP contribution in [-0.4, -0.2) is 29.9 Å². The molecule has 1 amide bonds. The Labute approximate surface area is 141 Å². The van der Waals surface area contributed by atoms with Crippen LogP contribution in [0.5, 0.6) is 0 Å². The van der Waals surface area contributed by atoms with Gasteiger partial charge in [-0.3, -0.25) is 9.59 Å². The van der Waals surface area contributed by atoms with Gasteiger partial charge >= 0.3 is 5.97 Å². The van der Waals surface area contributed by atoms with Gasteiger partial charge in [0, 0.05) is 19.7 Å². The summed E-state index contributed by atoms with van der Waals surface area (Å²) in [6.07, 6.45) is 1.14. The molecule has 1 aliphatic rings. The third kappa shape index (κ3) is 3.08. The summed E-state index contributed by atoms with van der Waals surface area (Å²) in [7, 11) is 1.72. The molecule has 122 valence electrons. The maximum absolute atomic E-state index is 12.6. The van der Waals surface area contributed by atoms with Gasteiger partial charge in [-0.05, 0) is 17.2 Å². The van der Waals surface area contributed by atoms with E-state index in [1.54, 1.807) is 11.9 Å². The molecule has 4 nitrogen and oxygen atoms in total. The number of rotatable bonds is 3. The van der Waals surface area contributed by atoms with E-state index in [4.69, 9.17) is 4.74 Å². The first-order valence-electron chi connectivity index (χ1n) is 7.84. The molecule has 0 radical (unpaired) electrons. The van der Waals surface area contributed by atoms with Crippen LogP contribution in [0.2, 0.25) is 0 Å². The van der Waals surface area contributed by atoms with E-state index in [1.807, 2.05) is 66.7 Å². The Morgan fingerprint density at radius 2 is 1.62 bits per heavy atom. The highest BCUT2D eigenvalue weighted by Gasteiger charge is 2.45. The topological polar surface area (TPSA) is 46.6 Å². The zero-order valence-corrected chi connectivity index (χ0v) is 13.7. The molecule has 1 saturated heterocycles. The van der Waals surface area contributed by atoms with E-state index in [9.17, 15) is 9.59 Å². The number of hydrogen-bond acceptors (Lipinski definition) is 3. The molecule has 0 saturated carbocycles. The Hall–Kier alpha value is -2.88. The Bertz CT molecular complexity index is 768. The summed E-state index contributed by atoms with van der Waals surface area (Å²) in [5.74, 6) is -0.974. The summed E-state index contributed by atoms with van der Waals surface area (Å²) >= 11 is 0. The van der Waals surface area contributed by atoms with Crippen molar-refractivity contribution in [3.05, 3.63) is 77.5 Å². The molecular weight excluding hydrogens is 302 g/mol. The van der Waals surface area contributed by atoms with Gasteiger partial charge in [-0.1, -0.05) is 60.7 Å². The van der Waals surface area contributed by atoms with Crippen molar-refractivity contribution in [2.45, 2.75) is 18.9 Å². The molecule has 0 aromatic heterocycles. The zero-order valence-electron chi connectivity index (χ0n) is 13.7. The molecule has 2 aromatic rings. The minimum Gasteiger partial charge on any atom is -0.451 e. The highest BCUT2D eigenvalue weighted by molar-refractivity contribution is 5.91. The van der Waals surface area contributed by atoms with Gasteiger partial charge in [0.1, 0.15) is 0 Å². The third-order valence-electron chi connectivity index (χ3n) is 4.15. The summed E-state index contributed by atoms with van der Waals surface area (Å²) in [5.41, 5.74) is 2.77. The maximum Gasteiger partial charge on any atom is 0.303 e. The number of carbonyl (C=O) groups is 2. The smallest absolute Gasteiger partial charge is 0.303 e. The molecule has 0 aliphatic carbocycles. The second-order valence-corrected chi connectivity index (χ2v) is 5.80. The van der Waals surface area contributed by atoms with Crippen LogP contribution in [-0.2, 0) is 14.3 Å². The lowest BCUT2D eigenvalue weighted by molar-refractivity contribution is -0.154. The molecule has 1 aliphatic heterocycles. The van der Waals surface area contributed by atoms with Crippen molar-refractivity contribution in [1.29, 1.82) is 0 Å². The number of benzene rings is 2. The van der Waals surface area contributed by atoms with Crippen LogP contribution < -0.4 is 0 Å². The number of esters is 1. The van der Waals surface area contributed by atoms with Crippen molar-refractivity contribution in [3.63, 3.8) is 0 Å². The van der Waals surface area contributed by atoms with Gasteiger partial charge in [0.2, 0.25) is 0 Å². The molecule has 1 fully saturated rings. The Morgan fingerprint density at radius 3 is 2.21 bits per heavy atom. The van der Waals surface area contributed by atoms with Gasteiger partial charge in [0.25, 0.3) is 5.91 Å². The molecule has 4 heteroatoms. The number of hydrogen-bond donors (Lipinski definition) is 0. The van der Waals surface area contributed by atoms with E-state index in [2.05, 4.69) is 0 Å². The quantitative estimate of drug-likeness (QED) is 0.816. The summed E-state index contributed by atoms with van der Waals surface area (Å²) < 4.78 is 5.36. The maximum atomic E-state index is 12.6. The predicted octanol–water partition coefficient (Wildman–Crippen LogP) is 3.22. The lowest BCUT2D eigenvalue weighted by Gasteiger charge is -2.19. The SMILES string of the molecule is CC(=O)O[C@@H]1C(=O)N(C)C(=Cc2ccccc2)[C@H]1c1ccccc1. The van der Waals surface area contributed by atoms with Crippen LogP contribution in [0, 0.1) is 0 Å². The van der Waals surface area contributed by atoms with Crippen LogP contribution in [0.25, 0.3) is 6.08 Å². The summed E-state index contributed by atoms with van der Waals surface area (Å²) in [6, 6.07) is 19.5. The summed E-state index contributed by atoms with van der Waals surface area (Å²) in [4.78, 5) is 25.7. The molecule has 2 atom stereocenters. The van der Waals surface area contributed by atoms with Crippen molar-refractivity contribution >= 4 is 18.0 Å². The monoisotopic (exact) mass is 321 g/mol. The molecule has 0 spiro atoms. The van der Waals surface area contributed by atoms with Gasteiger partial charge < -0.3 is 9.64 Å². The van der Waals surface area contributed by atoms with E-state index in [0.29, 0.717) is 0 Å². The second kappa shape index (κ2) is 6.71. The number of likely N-dealkylation sites (N-methyl/N-ethyl adjacent to an activating group) is 1. The first-order chi connectivity index (χ1) is 11.6. The van der Waals surface area contributed by atoms with Crippen LogP contribution >= 0.6 is 0 Å². The molecular formula is C20H19NO3. The molecule has 3 rings (SSSR count). The second-order valence-electron chi connectivity index (χ2n) is 5.80. The lowest BCUT2D eigenvalue weighted by atomic mass is 9.92. The number of nitrogens with zero attached hydrogens (tertiary/aromatic N) is 1. The molecule has 2 aromatic carbocycles. The Balaban J connectivity index is 2.09. The van der Waals surface area contributed by atoms with Gasteiger partial charge in [-0.15, -0.1) is 0 Å². The van der Waals surface area contributed by atoms with E-state index < -0.39 is 12.1 Å². The highest BCUT2D eigenvalue weighted by atomic mass is 16.5. The fourth-order valence-electron chi connectivity index (χ4n) is 3.03. The molecule has 0 bridgehead atoms. The number of likely N-dealkylation sites (tertiary alicyclic amines) is 1. The van der Waals surface area contributed by atoms with Crippen molar-refractivity contribution in [2.24, 2.45) is 0 Å². The standard InChI is InChI=1S/C20H19NO3/c1-14(22)24-19-18(16-11-7-4-8-12-16)17(21(2)20(19)23)13-15-9-5-3-6-10-15/h3-13,18-19H,1-2H3/t18-,19+/m1/s1. The largest absolute Gasteiger partial charge is 0.451 e.